The second kappa shape index (κ2) is 9.59. The van der Waals surface area contributed by atoms with Crippen molar-refractivity contribution >= 4 is 40.1 Å². The second-order valence-corrected chi connectivity index (χ2v) is 8.20. The molecule has 1 N–H and O–H groups in total. The van der Waals surface area contributed by atoms with Crippen LogP contribution in [0.5, 0.6) is 0 Å². The fourth-order valence-electron chi connectivity index (χ4n) is 3.76. The Kier molecular flexibility index (Phi) is 6.28. The zero-order chi connectivity index (χ0) is 27.0. The van der Waals surface area contributed by atoms with E-state index in [9.17, 15) is 22.8 Å². The number of esters is 1. The van der Waals surface area contributed by atoms with Crippen LogP contribution in [0, 0.1) is 0 Å². The fraction of sp³-hybridized carbons (Fsp3) is 0.0833. The highest BCUT2D eigenvalue weighted by atomic mass is 35.5. The van der Waals surface area contributed by atoms with Crippen LogP contribution in [0.2, 0.25) is 5.02 Å². The number of alkyl halides is 3. The molecular formula is C24H15ClF3N7O3. The highest BCUT2D eigenvalue weighted by Gasteiger charge is 2.41. The third-order valence-corrected chi connectivity index (χ3v) is 5.74. The van der Waals surface area contributed by atoms with Gasteiger partial charge in [0.15, 0.2) is 11.4 Å². The van der Waals surface area contributed by atoms with Gasteiger partial charge in [-0.1, -0.05) is 17.7 Å². The lowest BCUT2D eigenvalue weighted by atomic mass is 10.1. The molecule has 3 aromatic heterocycles. The molecular weight excluding hydrogens is 527 g/mol. The van der Waals surface area contributed by atoms with Crippen molar-refractivity contribution in [3.05, 3.63) is 89.1 Å². The Morgan fingerprint density at radius 3 is 2.58 bits per heavy atom. The Morgan fingerprint density at radius 2 is 1.84 bits per heavy atom. The Bertz CT molecular complexity index is 1690. The van der Waals surface area contributed by atoms with Crippen molar-refractivity contribution in [1.82, 2.24) is 29.8 Å². The molecule has 14 heteroatoms. The van der Waals surface area contributed by atoms with Gasteiger partial charge in [0.1, 0.15) is 5.69 Å². The van der Waals surface area contributed by atoms with Crippen molar-refractivity contribution in [3.63, 3.8) is 0 Å². The van der Waals surface area contributed by atoms with E-state index < -0.39 is 29.3 Å². The quantitative estimate of drug-likeness (QED) is 0.320. The summed E-state index contributed by atoms with van der Waals surface area (Å²) in [6.45, 7) is 0. The number of carbonyl (C=O) groups excluding carboxylic acids is 2. The summed E-state index contributed by atoms with van der Waals surface area (Å²) >= 11 is 6.29. The summed E-state index contributed by atoms with van der Waals surface area (Å²) in [5.41, 5.74) is -1.03. The van der Waals surface area contributed by atoms with Crippen LogP contribution < -0.4 is 5.32 Å². The van der Waals surface area contributed by atoms with E-state index in [0.29, 0.717) is 15.6 Å². The molecule has 0 aliphatic heterocycles. The fourth-order valence-corrected chi connectivity index (χ4v) is 4.02. The molecule has 0 saturated carbocycles. The zero-order valence-electron chi connectivity index (χ0n) is 19.3. The molecule has 38 heavy (non-hydrogen) atoms. The van der Waals surface area contributed by atoms with E-state index in [2.05, 4.69) is 30.3 Å². The second-order valence-electron chi connectivity index (χ2n) is 7.79. The lowest BCUT2D eigenvalue weighted by Crippen LogP contribution is -2.21. The number of rotatable bonds is 5. The van der Waals surface area contributed by atoms with Gasteiger partial charge in [-0.05, 0) is 42.5 Å². The lowest BCUT2D eigenvalue weighted by Gasteiger charge is -2.14. The number of carbonyl (C=O) groups is 2. The summed E-state index contributed by atoms with van der Waals surface area (Å²) < 4.78 is 47.8. The summed E-state index contributed by atoms with van der Waals surface area (Å²) in [6, 6.07) is 12.0. The molecule has 5 rings (SSSR count). The molecule has 0 bridgehead atoms. The number of pyridine rings is 1. The van der Waals surface area contributed by atoms with Crippen LogP contribution in [0.25, 0.3) is 22.3 Å². The van der Waals surface area contributed by atoms with Gasteiger partial charge in [-0.25, -0.2) is 9.48 Å². The molecule has 192 valence electrons. The Labute approximate surface area is 216 Å². The molecule has 0 aliphatic rings. The molecule has 0 spiro atoms. The van der Waals surface area contributed by atoms with E-state index in [1.54, 1.807) is 24.3 Å². The minimum atomic E-state index is -4.90. The van der Waals surface area contributed by atoms with Gasteiger partial charge >= 0.3 is 12.1 Å². The molecule has 0 saturated heterocycles. The number of nitrogens with one attached hydrogen (secondary N) is 1. The van der Waals surface area contributed by atoms with E-state index >= 15 is 0 Å². The van der Waals surface area contributed by atoms with Gasteiger partial charge in [-0.2, -0.15) is 23.4 Å². The summed E-state index contributed by atoms with van der Waals surface area (Å²) in [4.78, 5) is 29.8. The van der Waals surface area contributed by atoms with Crippen molar-refractivity contribution in [2.45, 2.75) is 6.18 Å². The van der Waals surface area contributed by atoms with E-state index in [-0.39, 0.29) is 27.8 Å². The normalized spacial score (nSPS) is 11.5. The smallest absolute Gasteiger partial charge is 0.434 e. The molecule has 0 radical (unpaired) electrons. The first-order valence-electron chi connectivity index (χ1n) is 10.8. The van der Waals surface area contributed by atoms with Crippen LogP contribution in [-0.2, 0) is 10.9 Å². The first-order valence-corrected chi connectivity index (χ1v) is 11.2. The average molecular weight is 542 g/mol. The van der Waals surface area contributed by atoms with Crippen LogP contribution in [0.1, 0.15) is 26.5 Å². The highest BCUT2D eigenvalue weighted by molar-refractivity contribution is 6.32. The summed E-state index contributed by atoms with van der Waals surface area (Å²) in [7, 11) is 1.19. The summed E-state index contributed by atoms with van der Waals surface area (Å²) in [6.07, 6.45) is -1.35. The number of ether oxygens (including phenoxy) is 1. The molecule has 0 fully saturated rings. The Hall–Kier alpha value is -4.78. The van der Waals surface area contributed by atoms with Crippen LogP contribution in [0.15, 0.2) is 67.1 Å². The lowest BCUT2D eigenvalue weighted by molar-refractivity contribution is -0.143. The van der Waals surface area contributed by atoms with Crippen molar-refractivity contribution < 1.29 is 27.5 Å². The van der Waals surface area contributed by atoms with E-state index in [1.165, 1.54) is 43.8 Å². The third-order valence-electron chi connectivity index (χ3n) is 5.44. The number of aromatic nitrogens is 6. The SMILES string of the molecule is COC(=O)c1cnn(-c2ccc(NC(=O)c3cnn(-c4cccc5ncccc45)c3C(F)(F)F)cc2Cl)n1. The molecule has 1 amide bonds. The maximum absolute atomic E-state index is 14.2. The van der Waals surface area contributed by atoms with Crippen LogP contribution in [-0.4, -0.2) is 48.7 Å². The largest absolute Gasteiger partial charge is 0.464 e. The highest BCUT2D eigenvalue weighted by Crippen LogP contribution is 2.35. The third kappa shape index (κ3) is 4.54. The van der Waals surface area contributed by atoms with Crippen LogP contribution in [0.3, 0.4) is 0 Å². The predicted octanol–water partition coefficient (Wildman–Crippen LogP) is 4.71. The van der Waals surface area contributed by atoms with E-state index in [4.69, 9.17) is 11.6 Å². The Balaban J connectivity index is 1.47. The minimum Gasteiger partial charge on any atom is -0.464 e. The van der Waals surface area contributed by atoms with Gasteiger partial charge in [0.2, 0.25) is 0 Å². The first kappa shape index (κ1) is 24.9. The molecule has 0 aliphatic carbocycles. The number of hydrogen-bond acceptors (Lipinski definition) is 7. The van der Waals surface area contributed by atoms with Gasteiger partial charge in [-0.15, -0.1) is 9.90 Å². The maximum atomic E-state index is 14.2. The van der Waals surface area contributed by atoms with Crippen LogP contribution in [0.4, 0.5) is 18.9 Å². The first-order chi connectivity index (χ1) is 18.2. The maximum Gasteiger partial charge on any atom is 0.434 e. The number of hydrogen-bond donors (Lipinski definition) is 1. The van der Waals surface area contributed by atoms with Gasteiger partial charge in [0, 0.05) is 17.3 Å². The molecule has 0 atom stereocenters. The number of methoxy groups -OCH3 is 1. The number of benzene rings is 2. The van der Waals surface area contributed by atoms with Crippen molar-refractivity contribution in [1.29, 1.82) is 0 Å². The number of fused-ring (bicyclic) bond motifs is 1. The number of anilines is 1. The summed E-state index contributed by atoms with van der Waals surface area (Å²) in [5.74, 6) is -1.74. The average Bonchev–Trinajstić information content (AvgIpc) is 3.56. The van der Waals surface area contributed by atoms with Crippen molar-refractivity contribution in [3.8, 4) is 11.4 Å². The topological polar surface area (TPSA) is 117 Å². The van der Waals surface area contributed by atoms with Gasteiger partial charge < -0.3 is 10.1 Å². The number of halogens is 4. The molecule has 5 aromatic rings. The Morgan fingerprint density at radius 1 is 1.03 bits per heavy atom. The van der Waals surface area contributed by atoms with Crippen LogP contribution >= 0.6 is 11.6 Å². The number of amides is 1. The molecule has 10 nitrogen and oxygen atoms in total. The monoisotopic (exact) mass is 541 g/mol. The molecule has 0 unspecified atom stereocenters. The van der Waals surface area contributed by atoms with E-state index in [0.717, 1.165) is 11.0 Å². The van der Waals surface area contributed by atoms with Crippen molar-refractivity contribution in [2.24, 2.45) is 0 Å². The zero-order valence-corrected chi connectivity index (χ0v) is 20.0. The standard InChI is InChI=1S/C24H15ClF3N7O3/c1-38-23(37)18-12-31-35(33-18)20-8-7-13(10-16(20)25)32-22(36)15-11-30-34(21(15)24(26,27)28)19-6-2-5-17-14(19)4-3-9-29-17/h2-12H,1H3,(H,32,36). The predicted molar refractivity (Wildman–Crippen MR) is 130 cm³/mol. The minimum absolute atomic E-state index is 0.0559. The van der Waals surface area contributed by atoms with E-state index in [1.807, 2.05) is 0 Å². The van der Waals surface area contributed by atoms with Crippen molar-refractivity contribution in [2.75, 3.05) is 12.4 Å². The van der Waals surface area contributed by atoms with Gasteiger partial charge in [0.25, 0.3) is 5.91 Å². The van der Waals surface area contributed by atoms with Gasteiger partial charge in [0.05, 0.1) is 41.3 Å². The number of nitrogens with zero attached hydrogens (tertiary/aromatic N) is 6. The summed E-state index contributed by atoms with van der Waals surface area (Å²) in [5, 5.41) is 14.7. The molecule has 3 heterocycles. The van der Waals surface area contributed by atoms with Gasteiger partial charge in [-0.3, -0.25) is 9.78 Å². The molecule has 2 aromatic carbocycles.